The number of aromatic nitrogens is 5. The zero-order valence-electron chi connectivity index (χ0n) is 19.6. The van der Waals surface area contributed by atoms with Crippen molar-refractivity contribution in [2.75, 3.05) is 6.54 Å². The van der Waals surface area contributed by atoms with E-state index in [1.807, 2.05) is 28.9 Å². The molecule has 4 heterocycles. The zero-order valence-corrected chi connectivity index (χ0v) is 19.6. The monoisotopic (exact) mass is 455 g/mol. The number of rotatable bonds is 7. The summed E-state index contributed by atoms with van der Waals surface area (Å²) in [6.45, 7) is 7.92. The first-order chi connectivity index (χ1) is 16.6. The molecule has 0 radical (unpaired) electrons. The smallest absolute Gasteiger partial charge is 0.272 e. The second-order valence-corrected chi connectivity index (χ2v) is 9.20. The van der Waals surface area contributed by atoms with Crippen LogP contribution in [0.25, 0.3) is 11.0 Å². The summed E-state index contributed by atoms with van der Waals surface area (Å²) in [5.41, 5.74) is 6.67. The van der Waals surface area contributed by atoms with E-state index in [1.165, 1.54) is 5.69 Å². The highest BCUT2D eigenvalue weighted by atomic mass is 16.2. The molecule has 5 rings (SSSR count). The van der Waals surface area contributed by atoms with Gasteiger partial charge in [-0.05, 0) is 29.2 Å². The quantitative estimate of drug-likeness (QED) is 0.460. The molecule has 0 fully saturated rings. The van der Waals surface area contributed by atoms with Gasteiger partial charge in [-0.15, -0.1) is 0 Å². The Morgan fingerprint density at radius 1 is 1.12 bits per heavy atom. The number of hydrogen-bond donors (Lipinski definition) is 1. The highest BCUT2D eigenvalue weighted by Gasteiger charge is 2.28. The van der Waals surface area contributed by atoms with E-state index in [0.29, 0.717) is 24.7 Å². The summed E-state index contributed by atoms with van der Waals surface area (Å²) < 4.78 is 2.04. The lowest BCUT2D eigenvalue weighted by Gasteiger charge is -2.28. The van der Waals surface area contributed by atoms with Crippen molar-refractivity contribution in [1.82, 2.24) is 34.9 Å². The van der Waals surface area contributed by atoms with Crippen LogP contribution in [-0.2, 0) is 32.6 Å². The van der Waals surface area contributed by atoms with Gasteiger partial charge in [0.05, 0.1) is 11.0 Å². The number of hydrogen-bond acceptors (Lipinski definition) is 6. The Kier molecular flexibility index (Phi) is 6.31. The third kappa shape index (κ3) is 4.68. The van der Waals surface area contributed by atoms with Crippen LogP contribution in [0.3, 0.4) is 0 Å². The fourth-order valence-corrected chi connectivity index (χ4v) is 4.55. The van der Waals surface area contributed by atoms with Gasteiger partial charge in [-0.2, -0.15) is 5.10 Å². The largest absolute Gasteiger partial charge is 0.346 e. The van der Waals surface area contributed by atoms with Crippen molar-refractivity contribution < 1.29 is 4.79 Å². The molecule has 1 N–H and O–H groups in total. The Morgan fingerprint density at radius 3 is 2.82 bits per heavy atom. The molecule has 0 spiro atoms. The molecule has 34 heavy (non-hydrogen) atoms. The predicted octanol–water partition coefficient (Wildman–Crippen LogP) is 3.37. The molecule has 1 aromatic carbocycles. The fraction of sp³-hybridized carbons (Fsp3) is 0.346. The molecule has 0 bridgehead atoms. The van der Waals surface area contributed by atoms with E-state index in [2.05, 4.69) is 45.1 Å². The summed E-state index contributed by atoms with van der Waals surface area (Å²) in [5.74, 6) is 0.308. The maximum absolute atomic E-state index is 13.2. The molecule has 0 saturated carbocycles. The second-order valence-electron chi connectivity index (χ2n) is 9.20. The van der Waals surface area contributed by atoms with Gasteiger partial charge in [0.2, 0.25) is 0 Å². The van der Waals surface area contributed by atoms with Crippen molar-refractivity contribution in [2.45, 2.75) is 46.4 Å². The number of benzene rings is 1. The number of pyridine rings is 1. The second kappa shape index (κ2) is 9.69. The van der Waals surface area contributed by atoms with Gasteiger partial charge in [-0.1, -0.05) is 32.0 Å². The van der Waals surface area contributed by atoms with Crippen molar-refractivity contribution in [3.05, 3.63) is 83.2 Å². The molecule has 1 aliphatic heterocycles. The van der Waals surface area contributed by atoms with Crippen LogP contribution < -0.4 is 5.32 Å². The lowest BCUT2D eigenvalue weighted by molar-refractivity contribution is 0.0942. The number of nitrogens with zero attached hydrogens (tertiary/aromatic N) is 6. The molecule has 0 aliphatic carbocycles. The van der Waals surface area contributed by atoms with Gasteiger partial charge < -0.3 is 5.32 Å². The third-order valence-electron chi connectivity index (χ3n) is 6.12. The molecule has 8 nitrogen and oxygen atoms in total. The molecular weight excluding hydrogens is 426 g/mol. The van der Waals surface area contributed by atoms with Crippen LogP contribution in [0.4, 0.5) is 0 Å². The maximum atomic E-state index is 13.2. The number of amides is 1. The van der Waals surface area contributed by atoms with Gasteiger partial charge in [0.1, 0.15) is 0 Å². The van der Waals surface area contributed by atoms with Crippen LogP contribution in [0.2, 0.25) is 0 Å². The molecule has 1 amide bonds. The van der Waals surface area contributed by atoms with Crippen molar-refractivity contribution in [3.63, 3.8) is 0 Å². The highest BCUT2D eigenvalue weighted by Crippen LogP contribution is 2.26. The van der Waals surface area contributed by atoms with E-state index in [4.69, 9.17) is 5.10 Å². The SMILES string of the molecule is CC(C)Cn1nc(C(=O)NCc2cccnc2)c2c1CCN(Cc1cccc3nccnc13)C2. The first-order valence-electron chi connectivity index (χ1n) is 11.7. The molecule has 174 valence electrons. The number of nitrogens with one attached hydrogen (secondary N) is 1. The lowest BCUT2D eigenvalue weighted by atomic mass is 10.0. The fourth-order valence-electron chi connectivity index (χ4n) is 4.55. The van der Waals surface area contributed by atoms with Gasteiger partial charge in [0.25, 0.3) is 5.91 Å². The average Bonchev–Trinajstić information content (AvgIpc) is 3.20. The van der Waals surface area contributed by atoms with Crippen molar-refractivity contribution in [3.8, 4) is 0 Å². The predicted molar refractivity (Wildman–Crippen MR) is 130 cm³/mol. The van der Waals surface area contributed by atoms with Crippen molar-refractivity contribution in [2.24, 2.45) is 5.92 Å². The molecule has 3 aromatic heterocycles. The maximum Gasteiger partial charge on any atom is 0.272 e. The van der Waals surface area contributed by atoms with Gasteiger partial charge in [-0.3, -0.25) is 29.3 Å². The molecule has 0 unspecified atom stereocenters. The molecule has 8 heteroatoms. The number of carbonyl (C=O) groups excluding carboxylic acids is 1. The Labute approximate surface area is 199 Å². The first-order valence-corrected chi connectivity index (χ1v) is 11.7. The summed E-state index contributed by atoms with van der Waals surface area (Å²) in [5, 5.41) is 7.80. The summed E-state index contributed by atoms with van der Waals surface area (Å²) in [6, 6.07) is 9.95. The van der Waals surface area contributed by atoms with E-state index in [0.717, 1.165) is 53.8 Å². The Bertz CT molecular complexity index is 1290. The topological polar surface area (TPSA) is 88.8 Å². The van der Waals surface area contributed by atoms with E-state index in [-0.39, 0.29) is 5.91 Å². The summed E-state index contributed by atoms with van der Waals surface area (Å²) in [7, 11) is 0. The third-order valence-corrected chi connectivity index (χ3v) is 6.12. The van der Waals surface area contributed by atoms with Crippen LogP contribution in [0, 0.1) is 5.92 Å². The summed E-state index contributed by atoms with van der Waals surface area (Å²) in [6.07, 6.45) is 7.81. The minimum atomic E-state index is -0.138. The van der Waals surface area contributed by atoms with Gasteiger partial charge in [-0.25, -0.2) is 0 Å². The molecule has 0 saturated heterocycles. The van der Waals surface area contributed by atoms with Crippen LogP contribution in [0.15, 0.2) is 55.1 Å². The van der Waals surface area contributed by atoms with Crippen LogP contribution in [0.1, 0.15) is 46.7 Å². The Morgan fingerprint density at radius 2 is 2.00 bits per heavy atom. The van der Waals surface area contributed by atoms with Crippen LogP contribution >= 0.6 is 0 Å². The van der Waals surface area contributed by atoms with E-state index in [1.54, 1.807) is 24.8 Å². The summed E-state index contributed by atoms with van der Waals surface area (Å²) in [4.78, 5) is 28.7. The van der Waals surface area contributed by atoms with Crippen molar-refractivity contribution in [1.29, 1.82) is 0 Å². The van der Waals surface area contributed by atoms with Gasteiger partial charge in [0.15, 0.2) is 5.69 Å². The highest BCUT2D eigenvalue weighted by molar-refractivity contribution is 5.94. The minimum Gasteiger partial charge on any atom is -0.346 e. The van der Waals surface area contributed by atoms with Gasteiger partial charge >= 0.3 is 0 Å². The van der Waals surface area contributed by atoms with E-state index >= 15 is 0 Å². The van der Waals surface area contributed by atoms with Crippen LogP contribution in [-0.4, -0.2) is 42.1 Å². The summed E-state index contributed by atoms with van der Waals surface area (Å²) >= 11 is 0. The van der Waals surface area contributed by atoms with Crippen molar-refractivity contribution >= 4 is 16.9 Å². The van der Waals surface area contributed by atoms with Gasteiger partial charge in [0, 0.05) is 75.2 Å². The molecule has 4 aromatic rings. The molecule has 1 aliphatic rings. The zero-order chi connectivity index (χ0) is 23.5. The van der Waals surface area contributed by atoms with E-state index < -0.39 is 0 Å². The number of fused-ring (bicyclic) bond motifs is 2. The Balaban J connectivity index is 1.39. The minimum absolute atomic E-state index is 0.138. The number of carbonyl (C=O) groups is 1. The molecule has 0 atom stereocenters. The molecular formula is C26H29N7O. The normalized spacial score (nSPS) is 13.9. The van der Waals surface area contributed by atoms with Crippen LogP contribution in [0.5, 0.6) is 0 Å². The Hall–Kier alpha value is -3.65. The van der Waals surface area contributed by atoms with E-state index in [9.17, 15) is 4.79 Å². The lowest BCUT2D eigenvalue weighted by Crippen LogP contribution is -2.32. The number of para-hydroxylation sites is 1. The average molecular weight is 456 g/mol. The first kappa shape index (κ1) is 22.2. The standard InChI is InChI=1S/C26H29N7O/c1-18(2)15-33-23-8-12-32(16-20-6-3-7-22-24(20)29-11-10-28-22)17-21(23)25(31-33)26(34)30-14-19-5-4-9-27-13-19/h3-7,9-11,13,18H,8,12,14-17H2,1-2H3,(H,30,34).